The van der Waals surface area contributed by atoms with Gasteiger partial charge in [-0.1, -0.05) is 20.8 Å². The van der Waals surface area contributed by atoms with Gasteiger partial charge in [-0.3, -0.25) is 0 Å². The third kappa shape index (κ3) is 3.83. The molecule has 0 bridgehead atoms. The largest absolute Gasteiger partial charge is 0.381 e. The Bertz CT molecular complexity index is 391. The van der Waals surface area contributed by atoms with Crippen LogP contribution in [0.15, 0.2) is 18.3 Å². The molecule has 0 aromatic carbocycles. The number of anilines is 2. The number of aromatic nitrogens is 1. The zero-order valence-electron chi connectivity index (χ0n) is 12.4. The van der Waals surface area contributed by atoms with Crippen LogP contribution in [0.2, 0.25) is 0 Å². The van der Waals surface area contributed by atoms with Crippen molar-refractivity contribution in [3.63, 3.8) is 0 Å². The van der Waals surface area contributed by atoms with Crippen LogP contribution in [0.25, 0.3) is 0 Å². The summed E-state index contributed by atoms with van der Waals surface area (Å²) in [6.07, 6.45) is 1.92. The molecule has 0 radical (unpaired) electrons. The quantitative estimate of drug-likeness (QED) is 0.910. The van der Waals surface area contributed by atoms with Crippen molar-refractivity contribution in [2.75, 3.05) is 36.5 Å². The Kier molecular flexibility index (Phi) is 4.30. The summed E-state index contributed by atoms with van der Waals surface area (Å²) in [4.78, 5) is 6.81. The van der Waals surface area contributed by atoms with Crippen molar-refractivity contribution in [1.82, 2.24) is 4.98 Å². The fourth-order valence-corrected chi connectivity index (χ4v) is 1.92. The lowest BCUT2D eigenvalue weighted by molar-refractivity contribution is 0.122. The van der Waals surface area contributed by atoms with E-state index in [4.69, 9.17) is 4.74 Å². The minimum atomic E-state index is 0.239. The molecule has 1 fully saturated rings. The van der Waals surface area contributed by atoms with E-state index in [0.717, 1.165) is 37.8 Å². The molecular formula is C15H25N3O. The Morgan fingerprint density at radius 3 is 2.47 bits per heavy atom. The van der Waals surface area contributed by atoms with Crippen LogP contribution in [0.3, 0.4) is 0 Å². The monoisotopic (exact) mass is 263 g/mol. The zero-order valence-corrected chi connectivity index (χ0v) is 12.4. The summed E-state index contributed by atoms with van der Waals surface area (Å²) in [6, 6.07) is 4.60. The van der Waals surface area contributed by atoms with Gasteiger partial charge in [0.2, 0.25) is 0 Å². The Hall–Kier alpha value is -1.29. The maximum atomic E-state index is 5.35. The summed E-state index contributed by atoms with van der Waals surface area (Å²) in [7, 11) is 0. The van der Waals surface area contributed by atoms with Crippen LogP contribution in [0.5, 0.6) is 0 Å². The molecule has 2 rings (SSSR count). The van der Waals surface area contributed by atoms with Crippen molar-refractivity contribution in [3.05, 3.63) is 18.3 Å². The standard InChI is InChI=1S/C15H25N3O/c1-12(15(2,3)4)17-13-5-6-14(16-11-13)18-7-9-19-10-8-18/h5-6,11-12,17H,7-10H2,1-4H3. The molecule has 1 N–H and O–H groups in total. The minimum Gasteiger partial charge on any atom is -0.381 e. The van der Waals surface area contributed by atoms with Crippen molar-refractivity contribution >= 4 is 11.5 Å². The molecule has 4 nitrogen and oxygen atoms in total. The Morgan fingerprint density at radius 1 is 1.26 bits per heavy atom. The van der Waals surface area contributed by atoms with Crippen LogP contribution >= 0.6 is 0 Å². The second kappa shape index (κ2) is 5.78. The van der Waals surface area contributed by atoms with Crippen molar-refractivity contribution in [3.8, 4) is 0 Å². The molecule has 4 heteroatoms. The fraction of sp³-hybridized carbons (Fsp3) is 0.667. The molecule has 1 saturated heterocycles. The first-order valence-electron chi connectivity index (χ1n) is 7.02. The number of hydrogen-bond donors (Lipinski definition) is 1. The van der Waals surface area contributed by atoms with Gasteiger partial charge < -0.3 is 15.0 Å². The molecule has 1 aromatic rings. The van der Waals surface area contributed by atoms with Crippen molar-refractivity contribution in [2.24, 2.45) is 5.41 Å². The molecule has 0 spiro atoms. The molecule has 1 aliphatic heterocycles. The molecule has 0 amide bonds. The summed E-state index contributed by atoms with van der Waals surface area (Å²) in [5.41, 5.74) is 1.32. The highest BCUT2D eigenvalue weighted by molar-refractivity contribution is 5.49. The summed E-state index contributed by atoms with van der Waals surface area (Å²) in [6.45, 7) is 12.4. The zero-order chi connectivity index (χ0) is 13.9. The number of pyridine rings is 1. The minimum absolute atomic E-state index is 0.239. The molecule has 1 aromatic heterocycles. The van der Waals surface area contributed by atoms with Gasteiger partial charge in [0.25, 0.3) is 0 Å². The number of morpholine rings is 1. The molecule has 1 unspecified atom stereocenters. The van der Waals surface area contributed by atoms with E-state index >= 15 is 0 Å². The average molecular weight is 263 g/mol. The lowest BCUT2D eigenvalue weighted by atomic mass is 9.88. The lowest BCUT2D eigenvalue weighted by Gasteiger charge is -2.30. The van der Waals surface area contributed by atoms with E-state index in [9.17, 15) is 0 Å². The van der Waals surface area contributed by atoms with E-state index < -0.39 is 0 Å². The predicted molar refractivity (Wildman–Crippen MR) is 79.8 cm³/mol. The molecule has 1 atom stereocenters. The lowest BCUT2D eigenvalue weighted by Crippen LogP contribution is -2.36. The van der Waals surface area contributed by atoms with E-state index in [1.54, 1.807) is 0 Å². The van der Waals surface area contributed by atoms with E-state index in [2.05, 4.69) is 55.0 Å². The molecule has 1 aliphatic rings. The van der Waals surface area contributed by atoms with Crippen LogP contribution in [0, 0.1) is 5.41 Å². The Morgan fingerprint density at radius 2 is 1.95 bits per heavy atom. The maximum Gasteiger partial charge on any atom is 0.128 e. The van der Waals surface area contributed by atoms with Gasteiger partial charge in [0.05, 0.1) is 25.1 Å². The number of ether oxygens (including phenoxy) is 1. The SMILES string of the molecule is CC(Nc1ccc(N2CCOCC2)nc1)C(C)(C)C. The number of hydrogen-bond acceptors (Lipinski definition) is 4. The molecular weight excluding hydrogens is 238 g/mol. The van der Waals surface area contributed by atoms with E-state index in [1.165, 1.54) is 0 Å². The number of nitrogens with zero attached hydrogens (tertiary/aromatic N) is 2. The highest BCUT2D eigenvalue weighted by Gasteiger charge is 2.19. The van der Waals surface area contributed by atoms with Crippen LogP contribution in [-0.2, 0) is 4.74 Å². The van der Waals surface area contributed by atoms with Gasteiger partial charge in [-0.25, -0.2) is 4.98 Å². The smallest absolute Gasteiger partial charge is 0.128 e. The summed E-state index contributed by atoms with van der Waals surface area (Å²) in [5.74, 6) is 1.04. The van der Waals surface area contributed by atoms with Crippen LogP contribution in [0.4, 0.5) is 11.5 Å². The Labute approximate surface area is 116 Å². The van der Waals surface area contributed by atoms with E-state index in [-0.39, 0.29) is 5.41 Å². The second-order valence-corrected chi connectivity index (χ2v) is 6.24. The van der Waals surface area contributed by atoms with Gasteiger partial charge in [0.1, 0.15) is 5.82 Å². The van der Waals surface area contributed by atoms with Crippen molar-refractivity contribution < 1.29 is 4.74 Å². The number of nitrogens with one attached hydrogen (secondary N) is 1. The molecule has 2 heterocycles. The van der Waals surface area contributed by atoms with Crippen LogP contribution < -0.4 is 10.2 Å². The summed E-state index contributed by atoms with van der Waals surface area (Å²) in [5, 5.41) is 3.51. The number of rotatable bonds is 3. The molecule has 19 heavy (non-hydrogen) atoms. The molecule has 106 valence electrons. The highest BCUT2D eigenvalue weighted by atomic mass is 16.5. The van der Waals surface area contributed by atoms with Gasteiger partial charge in [-0.2, -0.15) is 0 Å². The van der Waals surface area contributed by atoms with Crippen molar-refractivity contribution in [2.45, 2.75) is 33.7 Å². The van der Waals surface area contributed by atoms with Gasteiger partial charge in [0.15, 0.2) is 0 Å². The van der Waals surface area contributed by atoms with E-state index in [0.29, 0.717) is 6.04 Å². The predicted octanol–water partition coefficient (Wildman–Crippen LogP) is 2.76. The summed E-state index contributed by atoms with van der Waals surface area (Å²) >= 11 is 0. The normalized spacial score (nSPS) is 18.2. The third-order valence-corrected chi connectivity index (χ3v) is 3.77. The van der Waals surface area contributed by atoms with Gasteiger partial charge in [0, 0.05) is 19.1 Å². The summed E-state index contributed by atoms with van der Waals surface area (Å²) < 4.78 is 5.35. The second-order valence-electron chi connectivity index (χ2n) is 6.24. The third-order valence-electron chi connectivity index (χ3n) is 3.77. The van der Waals surface area contributed by atoms with Gasteiger partial charge >= 0.3 is 0 Å². The van der Waals surface area contributed by atoms with Gasteiger partial charge in [-0.15, -0.1) is 0 Å². The average Bonchev–Trinajstić information content (AvgIpc) is 2.39. The first-order chi connectivity index (χ1) is 8.97. The molecule has 0 saturated carbocycles. The topological polar surface area (TPSA) is 37.4 Å². The maximum absolute atomic E-state index is 5.35. The highest BCUT2D eigenvalue weighted by Crippen LogP contribution is 2.23. The Balaban J connectivity index is 1.98. The first-order valence-corrected chi connectivity index (χ1v) is 7.02. The van der Waals surface area contributed by atoms with E-state index in [1.807, 2.05) is 6.20 Å². The van der Waals surface area contributed by atoms with Crippen molar-refractivity contribution in [1.29, 1.82) is 0 Å². The van der Waals surface area contributed by atoms with Crippen LogP contribution in [-0.4, -0.2) is 37.3 Å². The van der Waals surface area contributed by atoms with Gasteiger partial charge in [-0.05, 0) is 24.5 Å². The van der Waals surface area contributed by atoms with Crippen LogP contribution in [0.1, 0.15) is 27.7 Å². The molecule has 0 aliphatic carbocycles. The first kappa shape index (κ1) is 14.1. The fourth-order valence-electron chi connectivity index (χ4n) is 1.92.